The minimum absolute atomic E-state index is 0.0150. The van der Waals surface area contributed by atoms with E-state index in [0.717, 1.165) is 29.8 Å². The summed E-state index contributed by atoms with van der Waals surface area (Å²) in [6.07, 6.45) is 1.63. The minimum atomic E-state index is -0.185. The lowest BCUT2D eigenvalue weighted by atomic mass is 9.96. The Morgan fingerprint density at radius 2 is 1.83 bits per heavy atom. The first-order chi connectivity index (χ1) is 14.1. The highest BCUT2D eigenvalue weighted by Gasteiger charge is 2.33. The Morgan fingerprint density at radius 1 is 1.07 bits per heavy atom. The highest BCUT2D eigenvalue weighted by atomic mass is 16.5. The molecule has 1 fully saturated rings. The van der Waals surface area contributed by atoms with Crippen molar-refractivity contribution in [1.82, 2.24) is 10.2 Å². The predicted molar refractivity (Wildman–Crippen MR) is 112 cm³/mol. The molecule has 3 amide bonds. The quantitative estimate of drug-likeness (QED) is 0.867. The van der Waals surface area contributed by atoms with Crippen LogP contribution in [0.2, 0.25) is 0 Å². The third kappa shape index (κ3) is 4.21. The number of carbonyl (C=O) groups is 2. The number of benzene rings is 2. The number of urea groups is 1. The summed E-state index contributed by atoms with van der Waals surface area (Å²) >= 11 is 0. The van der Waals surface area contributed by atoms with Crippen molar-refractivity contribution in [1.29, 1.82) is 0 Å². The molecule has 0 aliphatic carbocycles. The Morgan fingerprint density at radius 3 is 2.66 bits per heavy atom. The SMILES string of the molecule is C[C@@H](NC(=O)[C@H]1CCCN(C(=O)N2CCOc3ccccc32)C1)c1ccccc1. The van der Waals surface area contributed by atoms with Gasteiger partial charge < -0.3 is 15.0 Å². The van der Waals surface area contributed by atoms with E-state index in [1.807, 2.05) is 66.4 Å². The van der Waals surface area contributed by atoms with Crippen molar-refractivity contribution >= 4 is 17.6 Å². The van der Waals surface area contributed by atoms with E-state index < -0.39 is 0 Å². The van der Waals surface area contributed by atoms with Crippen molar-refractivity contribution in [2.45, 2.75) is 25.8 Å². The number of hydrogen-bond donors (Lipinski definition) is 1. The maximum atomic E-state index is 13.2. The van der Waals surface area contributed by atoms with Gasteiger partial charge in [-0.3, -0.25) is 9.69 Å². The lowest BCUT2D eigenvalue weighted by Crippen LogP contribution is -2.52. The molecule has 2 aromatic carbocycles. The van der Waals surface area contributed by atoms with Gasteiger partial charge in [-0.15, -0.1) is 0 Å². The number of likely N-dealkylation sites (tertiary alicyclic amines) is 1. The fourth-order valence-electron chi connectivity index (χ4n) is 4.06. The zero-order valence-electron chi connectivity index (χ0n) is 16.7. The summed E-state index contributed by atoms with van der Waals surface area (Å²) in [5.41, 5.74) is 1.88. The van der Waals surface area contributed by atoms with Gasteiger partial charge in [-0.2, -0.15) is 0 Å². The number of nitrogens with one attached hydrogen (secondary N) is 1. The van der Waals surface area contributed by atoms with Crippen LogP contribution < -0.4 is 15.0 Å². The molecule has 2 aromatic rings. The largest absolute Gasteiger partial charge is 0.490 e. The molecule has 2 aliphatic heterocycles. The van der Waals surface area contributed by atoms with Crippen LogP contribution in [-0.4, -0.2) is 43.1 Å². The number of nitrogens with zero attached hydrogens (tertiary/aromatic N) is 2. The van der Waals surface area contributed by atoms with Crippen LogP contribution in [0, 0.1) is 5.92 Å². The van der Waals surface area contributed by atoms with Crippen molar-refractivity contribution in [2.75, 3.05) is 31.1 Å². The van der Waals surface area contributed by atoms with Crippen LogP contribution in [0.4, 0.5) is 10.5 Å². The summed E-state index contributed by atoms with van der Waals surface area (Å²) in [6.45, 7) is 4.12. The summed E-state index contributed by atoms with van der Waals surface area (Å²) in [5.74, 6) is 0.562. The number of rotatable bonds is 3. The van der Waals surface area contributed by atoms with E-state index in [-0.39, 0.29) is 23.9 Å². The number of anilines is 1. The van der Waals surface area contributed by atoms with Crippen molar-refractivity contribution < 1.29 is 14.3 Å². The second-order valence-electron chi connectivity index (χ2n) is 7.68. The fourth-order valence-corrected chi connectivity index (χ4v) is 4.06. The Bertz CT molecular complexity index is 871. The molecule has 0 saturated carbocycles. The molecule has 2 heterocycles. The molecule has 6 heteroatoms. The second kappa shape index (κ2) is 8.55. The highest BCUT2D eigenvalue weighted by molar-refractivity contribution is 5.94. The second-order valence-corrected chi connectivity index (χ2v) is 7.68. The molecule has 0 bridgehead atoms. The molecule has 6 nitrogen and oxygen atoms in total. The molecular formula is C23H27N3O3. The van der Waals surface area contributed by atoms with Gasteiger partial charge in [0.05, 0.1) is 24.2 Å². The van der Waals surface area contributed by atoms with Gasteiger partial charge in [0.15, 0.2) is 0 Å². The van der Waals surface area contributed by atoms with Crippen LogP contribution in [0.15, 0.2) is 54.6 Å². The lowest BCUT2D eigenvalue weighted by Gasteiger charge is -2.38. The number of fused-ring (bicyclic) bond motifs is 1. The van der Waals surface area contributed by atoms with E-state index in [9.17, 15) is 9.59 Å². The predicted octanol–water partition coefficient (Wildman–Crippen LogP) is 3.59. The van der Waals surface area contributed by atoms with Crippen LogP contribution in [0.3, 0.4) is 0 Å². The number of para-hydroxylation sites is 2. The molecule has 4 rings (SSSR count). The minimum Gasteiger partial charge on any atom is -0.490 e. The highest BCUT2D eigenvalue weighted by Crippen LogP contribution is 2.32. The van der Waals surface area contributed by atoms with Crippen molar-refractivity contribution in [3.63, 3.8) is 0 Å². The summed E-state index contributed by atoms with van der Waals surface area (Å²) < 4.78 is 5.66. The summed E-state index contributed by atoms with van der Waals surface area (Å²) in [6, 6.07) is 17.4. The third-order valence-electron chi connectivity index (χ3n) is 5.68. The van der Waals surface area contributed by atoms with Crippen LogP contribution in [0.5, 0.6) is 5.75 Å². The first-order valence-electron chi connectivity index (χ1n) is 10.3. The van der Waals surface area contributed by atoms with Crippen molar-refractivity contribution in [2.24, 2.45) is 5.92 Å². The van der Waals surface area contributed by atoms with E-state index >= 15 is 0 Å². The molecule has 0 unspecified atom stereocenters. The number of amides is 3. The van der Waals surface area contributed by atoms with Crippen LogP contribution >= 0.6 is 0 Å². The molecule has 0 spiro atoms. The summed E-state index contributed by atoms with van der Waals surface area (Å²) in [7, 11) is 0. The van der Waals surface area contributed by atoms with E-state index in [4.69, 9.17) is 4.74 Å². The standard InChI is InChI=1S/C23H27N3O3/c1-17(18-8-3-2-4-9-18)24-22(27)19-10-7-13-25(16-19)23(28)26-14-15-29-21-12-6-5-11-20(21)26/h2-6,8-9,11-12,17,19H,7,10,13-16H2,1H3,(H,24,27)/t17-,19+/m1/s1. The molecule has 2 aliphatic rings. The van der Waals surface area contributed by atoms with E-state index in [1.54, 1.807) is 4.90 Å². The van der Waals surface area contributed by atoms with Gasteiger partial charge in [-0.25, -0.2) is 4.79 Å². The number of ether oxygens (including phenoxy) is 1. The van der Waals surface area contributed by atoms with E-state index in [2.05, 4.69) is 5.32 Å². The average Bonchev–Trinajstić information content (AvgIpc) is 2.79. The van der Waals surface area contributed by atoms with Gasteiger partial charge in [-0.1, -0.05) is 42.5 Å². The van der Waals surface area contributed by atoms with Gasteiger partial charge in [0.25, 0.3) is 0 Å². The van der Waals surface area contributed by atoms with E-state index in [0.29, 0.717) is 26.2 Å². The normalized spacial score (nSPS) is 19.7. The Kier molecular flexibility index (Phi) is 5.69. The summed E-state index contributed by atoms with van der Waals surface area (Å²) in [5, 5.41) is 3.11. The molecular weight excluding hydrogens is 366 g/mol. The molecule has 1 saturated heterocycles. The van der Waals surface area contributed by atoms with Gasteiger partial charge >= 0.3 is 6.03 Å². The third-order valence-corrected chi connectivity index (χ3v) is 5.68. The molecule has 2 atom stereocenters. The lowest BCUT2D eigenvalue weighted by molar-refractivity contribution is -0.126. The molecule has 152 valence electrons. The van der Waals surface area contributed by atoms with Gasteiger partial charge in [-0.05, 0) is 37.5 Å². The van der Waals surface area contributed by atoms with Crippen LogP contribution in [0.1, 0.15) is 31.4 Å². The zero-order chi connectivity index (χ0) is 20.2. The molecule has 1 N–H and O–H groups in total. The molecule has 29 heavy (non-hydrogen) atoms. The monoisotopic (exact) mass is 393 g/mol. The fraction of sp³-hybridized carbons (Fsp3) is 0.391. The first kappa shape index (κ1) is 19.3. The average molecular weight is 393 g/mol. The maximum absolute atomic E-state index is 13.2. The topological polar surface area (TPSA) is 61.9 Å². The van der Waals surface area contributed by atoms with Gasteiger partial charge in [0, 0.05) is 13.1 Å². The van der Waals surface area contributed by atoms with Crippen molar-refractivity contribution in [3.05, 3.63) is 60.2 Å². The van der Waals surface area contributed by atoms with Gasteiger partial charge in [0.1, 0.15) is 12.4 Å². The van der Waals surface area contributed by atoms with E-state index in [1.165, 1.54) is 0 Å². The molecule has 0 radical (unpaired) electrons. The number of hydrogen-bond acceptors (Lipinski definition) is 3. The van der Waals surface area contributed by atoms with Gasteiger partial charge in [0.2, 0.25) is 5.91 Å². The number of carbonyl (C=O) groups excluding carboxylic acids is 2. The first-order valence-corrected chi connectivity index (χ1v) is 10.3. The Labute approximate surface area is 171 Å². The Hall–Kier alpha value is -3.02. The smallest absolute Gasteiger partial charge is 0.324 e. The maximum Gasteiger partial charge on any atom is 0.324 e. The summed E-state index contributed by atoms with van der Waals surface area (Å²) in [4.78, 5) is 29.6. The molecule has 0 aromatic heterocycles. The Balaban J connectivity index is 1.41. The van der Waals surface area contributed by atoms with Crippen molar-refractivity contribution in [3.8, 4) is 5.75 Å². The van der Waals surface area contributed by atoms with Crippen LogP contribution in [0.25, 0.3) is 0 Å². The van der Waals surface area contributed by atoms with Crippen LogP contribution in [-0.2, 0) is 4.79 Å². The number of piperidine rings is 1. The zero-order valence-corrected chi connectivity index (χ0v) is 16.7.